The molecule has 2 saturated heterocycles. The van der Waals surface area contributed by atoms with Gasteiger partial charge >= 0.3 is 6.03 Å². The van der Waals surface area contributed by atoms with Gasteiger partial charge in [0.05, 0.1) is 6.10 Å². The SMILES string of the molecule is Cc1nccn1CN1C(=O)N(c2cccc(F)c2)[C@@]2(CCN(Cc3cccc(OC(C)C)c3)[C@@H](C)C2)C1=O. The van der Waals surface area contributed by atoms with E-state index in [2.05, 4.69) is 28.9 Å². The Labute approximate surface area is 222 Å². The predicted molar refractivity (Wildman–Crippen MR) is 142 cm³/mol. The van der Waals surface area contributed by atoms with Crippen molar-refractivity contribution in [2.24, 2.45) is 0 Å². The largest absolute Gasteiger partial charge is 0.491 e. The minimum atomic E-state index is -1.09. The fourth-order valence-electron chi connectivity index (χ4n) is 5.67. The summed E-state index contributed by atoms with van der Waals surface area (Å²) in [6.45, 7) is 9.29. The van der Waals surface area contributed by atoms with Crippen LogP contribution in [0.1, 0.15) is 45.0 Å². The number of piperidine rings is 1. The summed E-state index contributed by atoms with van der Waals surface area (Å²) in [6.07, 6.45) is 4.36. The van der Waals surface area contributed by atoms with E-state index in [1.54, 1.807) is 29.1 Å². The molecule has 2 fully saturated rings. The van der Waals surface area contributed by atoms with E-state index in [1.165, 1.54) is 21.9 Å². The Hall–Kier alpha value is -3.72. The minimum Gasteiger partial charge on any atom is -0.491 e. The lowest BCUT2D eigenvalue weighted by molar-refractivity contribution is -0.134. The molecule has 3 amide bonds. The zero-order chi connectivity index (χ0) is 27.0. The molecule has 0 radical (unpaired) electrons. The van der Waals surface area contributed by atoms with Gasteiger partial charge in [-0.1, -0.05) is 18.2 Å². The summed E-state index contributed by atoms with van der Waals surface area (Å²) in [6, 6.07) is 13.6. The number of rotatable bonds is 7. The highest BCUT2D eigenvalue weighted by Gasteiger charge is 2.60. The van der Waals surface area contributed by atoms with Gasteiger partial charge in [0.2, 0.25) is 0 Å². The third-order valence-electron chi connectivity index (χ3n) is 7.50. The molecule has 2 aliphatic heterocycles. The van der Waals surface area contributed by atoms with Crippen molar-refractivity contribution < 1.29 is 18.7 Å². The van der Waals surface area contributed by atoms with E-state index in [0.717, 1.165) is 11.3 Å². The fourth-order valence-corrected chi connectivity index (χ4v) is 5.67. The Balaban J connectivity index is 1.43. The van der Waals surface area contributed by atoms with Crippen molar-refractivity contribution in [3.63, 3.8) is 0 Å². The average Bonchev–Trinajstić information content (AvgIpc) is 3.35. The molecule has 2 aliphatic rings. The van der Waals surface area contributed by atoms with Crippen LogP contribution in [0.25, 0.3) is 0 Å². The average molecular weight is 520 g/mol. The summed E-state index contributed by atoms with van der Waals surface area (Å²) < 4.78 is 21.9. The molecular weight excluding hydrogens is 485 g/mol. The number of amides is 3. The van der Waals surface area contributed by atoms with Crippen LogP contribution < -0.4 is 9.64 Å². The van der Waals surface area contributed by atoms with Crippen LogP contribution in [0, 0.1) is 12.7 Å². The van der Waals surface area contributed by atoms with Gasteiger partial charge in [0.25, 0.3) is 5.91 Å². The lowest BCUT2D eigenvalue weighted by Gasteiger charge is -2.45. The molecule has 1 aromatic heterocycles. The Morgan fingerprint density at radius 3 is 2.63 bits per heavy atom. The Morgan fingerprint density at radius 1 is 1.16 bits per heavy atom. The number of imide groups is 1. The van der Waals surface area contributed by atoms with Gasteiger partial charge in [-0.25, -0.2) is 19.1 Å². The first-order valence-electron chi connectivity index (χ1n) is 13.1. The van der Waals surface area contributed by atoms with E-state index in [4.69, 9.17) is 4.74 Å². The predicted octanol–water partition coefficient (Wildman–Crippen LogP) is 4.97. The van der Waals surface area contributed by atoms with E-state index >= 15 is 0 Å². The molecule has 0 bridgehead atoms. The lowest BCUT2D eigenvalue weighted by atomic mass is 9.81. The van der Waals surface area contributed by atoms with E-state index in [-0.39, 0.29) is 24.7 Å². The first-order chi connectivity index (χ1) is 18.2. The normalized spacial score (nSPS) is 22.2. The third kappa shape index (κ3) is 4.78. The molecule has 3 heterocycles. The molecule has 0 unspecified atom stereocenters. The van der Waals surface area contributed by atoms with Crippen LogP contribution in [-0.4, -0.2) is 55.5 Å². The molecule has 0 saturated carbocycles. The number of aromatic nitrogens is 2. The Kier molecular flexibility index (Phi) is 6.96. The van der Waals surface area contributed by atoms with E-state index < -0.39 is 17.4 Å². The van der Waals surface area contributed by atoms with Crippen molar-refractivity contribution in [2.75, 3.05) is 11.4 Å². The van der Waals surface area contributed by atoms with Crippen LogP contribution in [0.5, 0.6) is 5.75 Å². The molecule has 3 aromatic rings. The van der Waals surface area contributed by atoms with Gasteiger partial charge in [0.1, 0.15) is 29.6 Å². The number of hydrogen-bond acceptors (Lipinski definition) is 5. The van der Waals surface area contributed by atoms with Crippen LogP contribution in [0.3, 0.4) is 0 Å². The van der Waals surface area contributed by atoms with E-state index in [0.29, 0.717) is 37.4 Å². The fraction of sp³-hybridized carbons (Fsp3) is 0.414. The van der Waals surface area contributed by atoms with Gasteiger partial charge in [0, 0.05) is 37.2 Å². The van der Waals surface area contributed by atoms with Gasteiger partial charge in [-0.2, -0.15) is 0 Å². The molecule has 8 nitrogen and oxygen atoms in total. The third-order valence-corrected chi connectivity index (χ3v) is 7.50. The maximum absolute atomic E-state index is 14.3. The summed E-state index contributed by atoms with van der Waals surface area (Å²) in [5.74, 6) is 0.836. The van der Waals surface area contributed by atoms with Crippen LogP contribution in [-0.2, 0) is 18.0 Å². The van der Waals surface area contributed by atoms with Crippen molar-refractivity contribution in [2.45, 2.75) is 71.4 Å². The van der Waals surface area contributed by atoms with Gasteiger partial charge in [0.15, 0.2) is 0 Å². The molecule has 5 rings (SSSR count). The number of imidazole rings is 1. The first kappa shape index (κ1) is 25.9. The van der Waals surface area contributed by atoms with Crippen LogP contribution in [0.2, 0.25) is 0 Å². The topological polar surface area (TPSA) is 70.9 Å². The highest BCUT2D eigenvalue weighted by molar-refractivity contribution is 6.16. The van der Waals surface area contributed by atoms with Crippen molar-refractivity contribution in [3.05, 3.63) is 78.1 Å². The van der Waals surface area contributed by atoms with Crippen molar-refractivity contribution in [1.82, 2.24) is 19.4 Å². The minimum absolute atomic E-state index is 0.00108. The smallest absolute Gasteiger partial charge is 0.333 e. The van der Waals surface area contributed by atoms with Gasteiger partial charge in [-0.15, -0.1) is 0 Å². The molecule has 9 heteroatoms. The standard InChI is InChI=1S/C29H34FN5O3/c1-20(2)38-26-10-5-7-23(15-26)18-32-13-11-29(17-21(32)3)27(36)34(19-33-14-12-31-22(33)4)28(37)35(29)25-9-6-8-24(30)16-25/h5-10,12,14-16,20-21H,11,13,17-19H2,1-4H3/t21-,29+/m0/s1. The molecule has 0 aliphatic carbocycles. The summed E-state index contributed by atoms with van der Waals surface area (Å²) in [7, 11) is 0. The number of aryl methyl sites for hydroxylation is 1. The zero-order valence-corrected chi connectivity index (χ0v) is 22.3. The van der Waals surface area contributed by atoms with Crippen molar-refractivity contribution >= 4 is 17.6 Å². The second-order valence-electron chi connectivity index (χ2n) is 10.5. The molecule has 2 aromatic carbocycles. The highest BCUT2D eigenvalue weighted by Crippen LogP contribution is 2.43. The molecule has 38 heavy (non-hydrogen) atoms. The quantitative estimate of drug-likeness (QED) is 0.413. The number of nitrogens with zero attached hydrogens (tertiary/aromatic N) is 5. The number of likely N-dealkylation sites (tertiary alicyclic amines) is 1. The number of ether oxygens (including phenoxy) is 1. The number of benzene rings is 2. The molecule has 1 spiro atoms. The highest BCUT2D eigenvalue weighted by atomic mass is 19.1. The number of urea groups is 1. The van der Waals surface area contributed by atoms with Crippen LogP contribution in [0.15, 0.2) is 60.9 Å². The maximum Gasteiger partial charge on any atom is 0.333 e. The second kappa shape index (κ2) is 10.2. The maximum atomic E-state index is 14.3. The van der Waals surface area contributed by atoms with E-state index in [9.17, 15) is 14.0 Å². The molecular formula is C29H34FN5O3. The number of carbonyl (C=O) groups is 2. The van der Waals surface area contributed by atoms with Crippen LogP contribution >= 0.6 is 0 Å². The zero-order valence-electron chi connectivity index (χ0n) is 22.3. The Bertz CT molecular complexity index is 1340. The number of hydrogen-bond donors (Lipinski definition) is 0. The molecule has 0 N–H and O–H groups in total. The summed E-state index contributed by atoms with van der Waals surface area (Å²) >= 11 is 0. The molecule has 2 atom stereocenters. The number of anilines is 1. The van der Waals surface area contributed by atoms with Crippen molar-refractivity contribution in [1.29, 1.82) is 0 Å². The lowest BCUT2D eigenvalue weighted by Crippen LogP contribution is -2.59. The van der Waals surface area contributed by atoms with E-state index in [1.807, 2.05) is 32.9 Å². The summed E-state index contributed by atoms with van der Waals surface area (Å²) in [5.41, 5.74) is 0.434. The van der Waals surface area contributed by atoms with Crippen molar-refractivity contribution in [3.8, 4) is 5.75 Å². The number of halogens is 1. The van der Waals surface area contributed by atoms with Gasteiger partial charge < -0.3 is 9.30 Å². The second-order valence-corrected chi connectivity index (χ2v) is 10.5. The van der Waals surface area contributed by atoms with Crippen LogP contribution in [0.4, 0.5) is 14.9 Å². The number of carbonyl (C=O) groups excluding carboxylic acids is 2. The first-order valence-corrected chi connectivity index (χ1v) is 13.1. The summed E-state index contributed by atoms with van der Waals surface area (Å²) in [5, 5.41) is 0. The van der Waals surface area contributed by atoms with Gasteiger partial charge in [-0.3, -0.25) is 14.6 Å². The summed E-state index contributed by atoms with van der Waals surface area (Å²) in [4.78, 5) is 37.2. The monoisotopic (exact) mass is 519 g/mol. The molecule has 200 valence electrons. The van der Waals surface area contributed by atoms with Gasteiger partial charge in [-0.05, 0) is 76.4 Å². The Morgan fingerprint density at radius 2 is 1.95 bits per heavy atom.